The maximum atomic E-state index is 5.38. The number of terminal acetylenes is 2. The minimum Gasteiger partial charge on any atom is -0.115 e. The van der Waals surface area contributed by atoms with Gasteiger partial charge in [0.05, 0.1) is 0 Å². The molecule has 0 nitrogen and oxygen atoms in total. The van der Waals surface area contributed by atoms with Crippen molar-refractivity contribution in [3.05, 3.63) is 70.8 Å². The molecule has 0 aromatic heterocycles. The van der Waals surface area contributed by atoms with Crippen LogP contribution in [0.15, 0.2) is 48.5 Å². The lowest BCUT2D eigenvalue weighted by Gasteiger charge is -2.16. The highest BCUT2D eigenvalue weighted by atomic mass is 14.2. The first kappa shape index (κ1) is 13.0. The number of hydrogen-bond acceptors (Lipinski definition) is 0. The molecule has 0 aliphatic carbocycles. The van der Waals surface area contributed by atoms with Crippen LogP contribution in [-0.4, -0.2) is 0 Å². The summed E-state index contributed by atoms with van der Waals surface area (Å²) in [6, 6.07) is 16.4. The highest BCUT2D eigenvalue weighted by molar-refractivity contribution is 5.41. The smallest absolute Gasteiger partial charge is 0.0242 e. The molecule has 0 bridgehead atoms. The van der Waals surface area contributed by atoms with Crippen LogP contribution in [0.1, 0.15) is 41.5 Å². The van der Waals surface area contributed by atoms with E-state index in [1.54, 1.807) is 0 Å². The summed E-state index contributed by atoms with van der Waals surface area (Å²) < 4.78 is 0. The molecule has 0 saturated heterocycles. The van der Waals surface area contributed by atoms with E-state index in [9.17, 15) is 0 Å². The van der Waals surface area contributed by atoms with Crippen molar-refractivity contribution in [1.29, 1.82) is 0 Å². The van der Waals surface area contributed by atoms with Crippen LogP contribution < -0.4 is 0 Å². The summed E-state index contributed by atoms with van der Waals surface area (Å²) in [6.45, 7) is 2.19. The lowest BCUT2D eigenvalue weighted by atomic mass is 9.88. The molecule has 0 atom stereocenters. The Morgan fingerprint density at radius 3 is 1.42 bits per heavy atom. The highest BCUT2D eigenvalue weighted by Crippen LogP contribution is 2.28. The van der Waals surface area contributed by atoms with Crippen LogP contribution in [0.4, 0.5) is 0 Å². The quantitative estimate of drug-likeness (QED) is 0.710. The van der Waals surface area contributed by atoms with Gasteiger partial charge >= 0.3 is 0 Å². The predicted octanol–water partition coefficient (Wildman–Crippen LogP) is 4.19. The molecule has 2 rings (SSSR count). The minimum atomic E-state index is 0.388. The van der Waals surface area contributed by atoms with Gasteiger partial charge in [-0.25, -0.2) is 0 Å². The third kappa shape index (κ3) is 2.87. The third-order valence-corrected chi connectivity index (χ3v) is 3.37. The van der Waals surface area contributed by atoms with Crippen LogP contribution in [0.2, 0.25) is 0 Å². The van der Waals surface area contributed by atoms with Crippen molar-refractivity contribution in [2.75, 3.05) is 0 Å². The van der Waals surface area contributed by atoms with Crippen LogP contribution in [0.5, 0.6) is 0 Å². The van der Waals surface area contributed by atoms with Crippen molar-refractivity contribution in [1.82, 2.24) is 0 Å². The normalized spacial score (nSPS) is 9.89. The summed E-state index contributed by atoms with van der Waals surface area (Å²) in [5, 5.41) is 0. The molecule has 0 heterocycles. The molecule has 0 spiro atoms. The Kier molecular flexibility index (Phi) is 4.07. The zero-order valence-electron chi connectivity index (χ0n) is 11.1. The van der Waals surface area contributed by atoms with Crippen molar-refractivity contribution >= 4 is 0 Å². The van der Waals surface area contributed by atoms with Crippen LogP contribution in [0, 0.1) is 24.7 Å². The van der Waals surface area contributed by atoms with Gasteiger partial charge in [0, 0.05) is 17.0 Å². The van der Waals surface area contributed by atoms with E-state index in [0.29, 0.717) is 5.92 Å². The second-order valence-corrected chi connectivity index (χ2v) is 4.49. The Morgan fingerprint density at radius 1 is 0.789 bits per heavy atom. The summed E-state index contributed by atoms with van der Waals surface area (Å²) in [5.74, 6) is 5.68. The van der Waals surface area contributed by atoms with Crippen molar-refractivity contribution in [3.8, 4) is 24.7 Å². The van der Waals surface area contributed by atoms with Crippen molar-refractivity contribution in [3.63, 3.8) is 0 Å². The molecule has 0 unspecified atom stereocenters. The fourth-order valence-electron chi connectivity index (χ4n) is 2.29. The largest absolute Gasteiger partial charge is 0.115 e. The molecule has 92 valence electrons. The number of rotatable bonds is 3. The van der Waals surface area contributed by atoms with E-state index in [2.05, 4.69) is 43.0 Å². The van der Waals surface area contributed by atoms with Crippen LogP contribution in [-0.2, 0) is 0 Å². The summed E-state index contributed by atoms with van der Waals surface area (Å²) in [7, 11) is 0. The van der Waals surface area contributed by atoms with Crippen LogP contribution in [0.3, 0.4) is 0 Å². The first-order valence-corrected chi connectivity index (χ1v) is 6.41. The fourth-order valence-corrected chi connectivity index (χ4v) is 2.29. The lowest BCUT2D eigenvalue weighted by Crippen LogP contribution is -1.99. The van der Waals surface area contributed by atoms with Crippen LogP contribution in [0.25, 0.3) is 0 Å². The Labute approximate surface area is 115 Å². The molecule has 0 aliphatic rings. The molecular formula is C19H16. The minimum absolute atomic E-state index is 0.388. The van der Waals surface area contributed by atoms with Crippen molar-refractivity contribution < 1.29 is 0 Å². The topological polar surface area (TPSA) is 0 Å². The average molecular weight is 244 g/mol. The molecule has 0 radical (unpaired) electrons. The summed E-state index contributed by atoms with van der Waals surface area (Å²) in [5.41, 5.74) is 4.41. The SMILES string of the molecule is C#Cc1ccc(C(CC)c2ccc(C#C)cc2)cc1. The van der Waals surface area contributed by atoms with Gasteiger partial charge in [-0.05, 0) is 41.8 Å². The third-order valence-electron chi connectivity index (χ3n) is 3.37. The lowest BCUT2D eigenvalue weighted by molar-refractivity contribution is 0.777. The van der Waals surface area contributed by atoms with Gasteiger partial charge in [-0.3, -0.25) is 0 Å². The standard InChI is InChI=1S/C19H16/c1-4-15-7-11-17(12-8-15)19(6-3)18-13-9-16(5-2)10-14-18/h1-2,7-14,19H,6H2,3H3. The molecule has 0 amide bonds. The van der Waals surface area contributed by atoms with Gasteiger partial charge in [0.15, 0.2) is 0 Å². The Hall–Kier alpha value is -2.44. The van der Waals surface area contributed by atoms with Crippen molar-refractivity contribution in [2.45, 2.75) is 19.3 Å². The van der Waals surface area contributed by atoms with Gasteiger partial charge in [0.1, 0.15) is 0 Å². The number of benzene rings is 2. The van der Waals surface area contributed by atoms with Crippen molar-refractivity contribution in [2.24, 2.45) is 0 Å². The first-order chi connectivity index (χ1) is 9.28. The second-order valence-electron chi connectivity index (χ2n) is 4.49. The molecule has 19 heavy (non-hydrogen) atoms. The van der Waals surface area contributed by atoms with E-state index in [1.807, 2.05) is 24.3 Å². The monoisotopic (exact) mass is 244 g/mol. The molecule has 0 heteroatoms. The molecule has 0 aliphatic heterocycles. The van der Waals surface area contributed by atoms with E-state index in [-0.39, 0.29) is 0 Å². The zero-order valence-corrected chi connectivity index (χ0v) is 11.1. The van der Waals surface area contributed by atoms with E-state index in [1.165, 1.54) is 11.1 Å². The summed E-state index contributed by atoms with van der Waals surface area (Å²) >= 11 is 0. The molecule has 2 aromatic rings. The fraction of sp³-hybridized carbons (Fsp3) is 0.158. The Bertz CT molecular complexity index is 558. The molecule has 0 N–H and O–H groups in total. The van der Waals surface area contributed by atoms with E-state index < -0.39 is 0 Å². The zero-order chi connectivity index (χ0) is 13.7. The van der Waals surface area contributed by atoms with E-state index in [0.717, 1.165) is 17.5 Å². The molecule has 0 saturated carbocycles. The van der Waals surface area contributed by atoms with Gasteiger partial charge in [-0.15, -0.1) is 12.8 Å². The van der Waals surface area contributed by atoms with Crippen LogP contribution >= 0.6 is 0 Å². The number of hydrogen-bond donors (Lipinski definition) is 0. The van der Waals surface area contributed by atoms with Gasteiger partial charge in [-0.1, -0.05) is 43.0 Å². The average Bonchev–Trinajstić information content (AvgIpc) is 2.49. The summed E-state index contributed by atoms with van der Waals surface area (Å²) in [4.78, 5) is 0. The van der Waals surface area contributed by atoms with Gasteiger partial charge in [-0.2, -0.15) is 0 Å². The Morgan fingerprint density at radius 2 is 1.16 bits per heavy atom. The molecule has 0 fully saturated rings. The molecular weight excluding hydrogens is 228 g/mol. The first-order valence-electron chi connectivity index (χ1n) is 6.41. The van der Waals surface area contributed by atoms with Gasteiger partial charge in [0.2, 0.25) is 0 Å². The highest BCUT2D eigenvalue weighted by Gasteiger charge is 2.11. The van der Waals surface area contributed by atoms with E-state index in [4.69, 9.17) is 12.8 Å². The molecule has 2 aromatic carbocycles. The second kappa shape index (κ2) is 5.94. The van der Waals surface area contributed by atoms with E-state index >= 15 is 0 Å². The van der Waals surface area contributed by atoms with Gasteiger partial charge < -0.3 is 0 Å². The summed E-state index contributed by atoms with van der Waals surface area (Å²) in [6.07, 6.45) is 11.8. The van der Waals surface area contributed by atoms with Gasteiger partial charge in [0.25, 0.3) is 0 Å². The predicted molar refractivity (Wildman–Crippen MR) is 80.9 cm³/mol. The Balaban J connectivity index is 2.33. The maximum absolute atomic E-state index is 5.38. The maximum Gasteiger partial charge on any atom is 0.0242 e.